The molecule has 0 fully saturated rings. The molecule has 2 aromatic rings. The predicted molar refractivity (Wildman–Crippen MR) is 75.7 cm³/mol. The Kier molecular flexibility index (Phi) is 4.38. The number of hydrogen-bond donors (Lipinski definition) is 1. The van der Waals surface area contributed by atoms with Crippen LogP contribution in [0.5, 0.6) is 0 Å². The maximum absolute atomic E-state index is 13.7. The lowest BCUT2D eigenvalue weighted by molar-refractivity contribution is 0.582. The predicted octanol–water partition coefficient (Wildman–Crippen LogP) is 4.35. The first-order valence-electron chi connectivity index (χ1n) is 5.88. The topological polar surface area (TPSA) is 26.0 Å². The van der Waals surface area contributed by atoms with Crippen molar-refractivity contribution in [3.8, 4) is 0 Å². The zero-order valence-corrected chi connectivity index (χ0v) is 11.7. The van der Waals surface area contributed by atoms with Crippen LogP contribution in [0, 0.1) is 5.82 Å². The summed E-state index contributed by atoms with van der Waals surface area (Å²) in [5.41, 5.74) is 6.57. The molecule has 0 aliphatic heterocycles. The normalized spacial score (nSPS) is 12.7. The smallest absolute Gasteiger partial charge is 0.129 e. The van der Waals surface area contributed by atoms with E-state index in [1.165, 1.54) is 15.8 Å². The van der Waals surface area contributed by atoms with Crippen molar-refractivity contribution in [3.05, 3.63) is 56.5 Å². The SMILES string of the molecule is CCc1ccc(CC(N)c2ccc(Cl)cc2F)s1. The molecule has 0 aliphatic carbocycles. The Hall–Kier alpha value is -0.900. The van der Waals surface area contributed by atoms with Crippen LogP contribution in [0.1, 0.15) is 28.3 Å². The molecule has 1 nitrogen and oxygen atoms in total. The van der Waals surface area contributed by atoms with Gasteiger partial charge in [-0.3, -0.25) is 0 Å². The van der Waals surface area contributed by atoms with Crippen molar-refractivity contribution in [2.24, 2.45) is 5.73 Å². The molecule has 0 bridgehead atoms. The average molecular weight is 284 g/mol. The number of thiophene rings is 1. The monoisotopic (exact) mass is 283 g/mol. The summed E-state index contributed by atoms with van der Waals surface area (Å²) in [7, 11) is 0. The molecule has 0 spiro atoms. The fourth-order valence-electron chi connectivity index (χ4n) is 1.85. The van der Waals surface area contributed by atoms with Crippen molar-refractivity contribution in [2.45, 2.75) is 25.8 Å². The number of rotatable bonds is 4. The van der Waals surface area contributed by atoms with Crippen molar-refractivity contribution >= 4 is 22.9 Å². The van der Waals surface area contributed by atoms with Crippen molar-refractivity contribution in [1.29, 1.82) is 0 Å². The van der Waals surface area contributed by atoms with Gasteiger partial charge in [-0.2, -0.15) is 0 Å². The molecule has 1 aromatic heterocycles. The molecule has 0 saturated carbocycles. The van der Waals surface area contributed by atoms with Crippen LogP contribution in [0.4, 0.5) is 4.39 Å². The number of aryl methyl sites for hydroxylation is 1. The van der Waals surface area contributed by atoms with Crippen LogP contribution in [0.2, 0.25) is 5.02 Å². The van der Waals surface area contributed by atoms with Gasteiger partial charge in [-0.1, -0.05) is 24.6 Å². The second-order valence-electron chi connectivity index (χ2n) is 4.20. The van der Waals surface area contributed by atoms with Gasteiger partial charge in [-0.25, -0.2) is 4.39 Å². The summed E-state index contributed by atoms with van der Waals surface area (Å²) in [4.78, 5) is 2.52. The molecule has 96 valence electrons. The van der Waals surface area contributed by atoms with Crippen LogP contribution in [0.3, 0.4) is 0 Å². The van der Waals surface area contributed by atoms with Crippen molar-refractivity contribution < 1.29 is 4.39 Å². The van der Waals surface area contributed by atoms with Gasteiger partial charge in [0, 0.05) is 32.8 Å². The van der Waals surface area contributed by atoms with Crippen LogP contribution in [0.15, 0.2) is 30.3 Å². The van der Waals surface area contributed by atoms with Gasteiger partial charge in [-0.05, 0) is 30.7 Å². The molecule has 1 atom stereocenters. The largest absolute Gasteiger partial charge is 0.324 e. The van der Waals surface area contributed by atoms with Gasteiger partial charge in [0.05, 0.1) is 0 Å². The number of hydrogen-bond acceptors (Lipinski definition) is 2. The van der Waals surface area contributed by atoms with Gasteiger partial charge in [-0.15, -0.1) is 11.3 Å². The summed E-state index contributed by atoms with van der Waals surface area (Å²) < 4.78 is 13.7. The summed E-state index contributed by atoms with van der Waals surface area (Å²) in [6.45, 7) is 2.12. The summed E-state index contributed by atoms with van der Waals surface area (Å²) in [5, 5.41) is 0.396. The fourth-order valence-corrected chi connectivity index (χ4v) is 3.03. The molecule has 2 rings (SSSR count). The van der Waals surface area contributed by atoms with Gasteiger partial charge in [0.25, 0.3) is 0 Å². The van der Waals surface area contributed by atoms with Gasteiger partial charge >= 0.3 is 0 Å². The summed E-state index contributed by atoms with van der Waals surface area (Å²) in [6.07, 6.45) is 1.68. The zero-order chi connectivity index (χ0) is 13.1. The van der Waals surface area contributed by atoms with Crippen LogP contribution < -0.4 is 5.73 Å². The lowest BCUT2D eigenvalue weighted by Gasteiger charge is -2.12. The van der Waals surface area contributed by atoms with Crippen LogP contribution in [-0.2, 0) is 12.8 Å². The first-order chi connectivity index (χ1) is 8.60. The highest BCUT2D eigenvalue weighted by molar-refractivity contribution is 7.11. The molecule has 0 aliphatic rings. The van der Waals surface area contributed by atoms with E-state index < -0.39 is 0 Å². The van der Waals surface area contributed by atoms with E-state index in [4.69, 9.17) is 17.3 Å². The minimum absolute atomic E-state index is 0.328. The lowest BCUT2D eigenvalue weighted by atomic mass is 10.0. The second-order valence-corrected chi connectivity index (χ2v) is 5.89. The molecule has 1 unspecified atom stereocenters. The molecular formula is C14H15ClFNS. The highest BCUT2D eigenvalue weighted by Gasteiger charge is 2.13. The summed E-state index contributed by atoms with van der Waals surface area (Å²) in [6, 6.07) is 8.48. The van der Waals surface area contributed by atoms with E-state index in [0.717, 1.165) is 6.42 Å². The molecule has 1 heterocycles. The molecule has 0 amide bonds. The van der Waals surface area contributed by atoms with E-state index in [1.807, 2.05) is 0 Å². The summed E-state index contributed by atoms with van der Waals surface area (Å²) in [5.74, 6) is -0.331. The van der Waals surface area contributed by atoms with E-state index in [0.29, 0.717) is 17.0 Å². The summed E-state index contributed by atoms with van der Waals surface area (Å²) >= 11 is 7.46. The van der Waals surface area contributed by atoms with E-state index in [9.17, 15) is 4.39 Å². The van der Waals surface area contributed by atoms with E-state index in [2.05, 4.69) is 19.1 Å². The molecule has 1 aromatic carbocycles. The minimum atomic E-state index is -0.331. The molecule has 0 saturated heterocycles. The van der Waals surface area contributed by atoms with Gasteiger partial charge < -0.3 is 5.73 Å². The van der Waals surface area contributed by atoms with E-state index >= 15 is 0 Å². The maximum Gasteiger partial charge on any atom is 0.129 e. The molecular weight excluding hydrogens is 269 g/mol. The Morgan fingerprint density at radius 1 is 1.28 bits per heavy atom. The van der Waals surface area contributed by atoms with E-state index in [-0.39, 0.29) is 11.9 Å². The number of halogens is 2. The Bertz CT molecular complexity index is 538. The number of nitrogens with two attached hydrogens (primary N) is 1. The third-order valence-electron chi connectivity index (χ3n) is 2.85. The van der Waals surface area contributed by atoms with Crippen LogP contribution in [0.25, 0.3) is 0 Å². The Morgan fingerprint density at radius 3 is 2.61 bits per heavy atom. The van der Waals surface area contributed by atoms with Gasteiger partial charge in [0.15, 0.2) is 0 Å². The quantitative estimate of drug-likeness (QED) is 0.887. The Balaban J connectivity index is 2.13. The Labute approximate surface area is 115 Å². The fraction of sp³-hybridized carbons (Fsp3) is 0.286. The number of benzene rings is 1. The first-order valence-corrected chi connectivity index (χ1v) is 7.07. The van der Waals surface area contributed by atoms with Crippen molar-refractivity contribution in [3.63, 3.8) is 0 Å². The highest BCUT2D eigenvalue weighted by atomic mass is 35.5. The van der Waals surface area contributed by atoms with Crippen molar-refractivity contribution in [2.75, 3.05) is 0 Å². The molecule has 0 radical (unpaired) electrons. The van der Waals surface area contributed by atoms with Gasteiger partial charge in [0.2, 0.25) is 0 Å². The molecule has 2 N–H and O–H groups in total. The third kappa shape index (κ3) is 3.10. The lowest BCUT2D eigenvalue weighted by Crippen LogP contribution is -2.14. The van der Waals surface area contributed by atoms with Crippen LogP contribution in [-0.4, -0.2) is 0 Å². The standard InChI is InChI=1S/C14H15ClFNS/c1-2-10-4-5-11(18-10)8-14(17)12-6-3-9(15)7-13(12)16/h3-7,14H,2,8,17H2,1H3. The Morgan fingerprint density at radius 2 is 2.00 bits per heavy atom. The van der Waals surface area contributed by atoms with Crippen LogP contribution >= 0.6 is 22.9 Å². The minimum Gasteiger partial charge on any atom is -0.324 e. The first kappa shape index (κ1) is 13.5. The highest BCUT2D eigenvalue weighted by Crippen LogP contribution is 2.25. The maximum atomic E-state index is 13.7. The van der Waals surface area contributed by atoms with E-state index in [1.54, 1.807) is 23.5 Å². The van der Waals surface area contributed by atoms with Crippen molar-refractivity contribution in [1.82, 2.24) is 0 Å². The van der Waals surface area contributed by atoms with Gasteiger partial charge in [0.1, 0.15) is 5.82 Å². The zero-order valence-electron chi connectivity index (χ0n) is 10.1. The molecule has 18 heavy (non-hydrogen) atoms. The second kappa shape index (κ2) is 5.83. The average Bonchev–Trinajstić information content (AvgIpc) is 2.76. The molecule has 4 heteroatoms. The third-order valence-corrected chi connectivity index (χ3v) is 4.34.